The van der Waals surface area contributed by atoms with E-state index >= 15 is 0 Å². The van der Waals surface area contributed by atoms with Gasteiger partial charge in [0.05, 0.1) is 30.4 Å². The highest BCUT2D eigenvalue weighted by atomic mass is 35.5. The first-order valence-corrected chi connectivity index (χ1v) is 12.6. The smallest absolute Gasteiger partial charge is 0.336 e. The van der Waals surface area contributed by atoms with Crippen molar-refractivity contribution in [3.8, 4) is 5.75 Å². The molecule has 0 saturated carbocycles. The Kier molecular flexibility index (Phi) is 8.85. The number of hydrogen-bond acceptors (Lipinski definition) is 7. The number of nitrogens with zero attached hydrogens (tertiary/aromatic N) is 2. The molecular formula is C29H28ClN3O6. The van der Waals surface area contributed by atoms with E-state index in [1.54, 1.807) is 43.3 Å². The molecule has 1 fully saturated rings. The molecule has 0 aromatic heterocycles. The van der Waals surface area contributed by atoms with Crippen molar-refractivity contribution in [1.82, 2.24) is 9.80 Å². The average molecular weight is 550 g/mol. The van der Waals surface area contributed by atoms with E-state index < -0.39 is 23.9 Å². The van der Waals surface area contributed by atoms with Crippen molar-refractivity contribution in [2.45, 2.75) is 26.6 Å². The highest BCUT2D eigenvalue weighted by Gasteiger charge is 2.48. The highest BCUT2D eigenvalue weighted by molar-refractivity contribution is 6.33. The van der Waals surface area contributed by atoms with E-state index in [9.17, 15) is 14.4 Å². The second-order valence-corrected chi connectivity index (χ2v) is 9.05. The number of imide groups is 1. The number of anilines is 1. The zero-order valence-electron chi connectivity index (χ0n) is 21.7. The van der Waals surface area contributed by atoms with E-state index in [1.165, 1.54) is 12.0 Å². The number of ether oxygens (including phenoxy) is 2. The summed E-state index contributed by atoms with van der Waals surface area (Å²) in [5.74, 6) is -0.948. The van der Waals surface area contributed by atoms with Crippen LogP contribution in [0.2, 0.25) is 5.02 Å². The zero-order valence-corrected chi connectivity index (χ0v) is 22.5. The predicted octanol–water partition coefficient (Wildman–Crippen LogP) is 5.55. The van der Waals surface area contributed by atoms with Crippen LogP contribution in [0.1, 0.15) is 28.4 Å². The lowest BCUT2D eigenvalue weighted by Gasteiger charge is -2.21. The van der Waals surface area contributed by atoms with Crippen molar-refractivity contribution < 1.29 is 28.7 Å². The number of rotatable bonds is 11. The number of halogens is 1. The van der Waals surface area contributed by atoms with Gasteiger partial charge in [-0.15, -0.1) is 0 Å². The van der Waals surface area contributed by atoms with Crippen LogP contribution in [-0.4, -0.2) is 47.5 Å². The summed E-state index contributed by atoms with van der Waals surface area (Å²) >= 11 is 6.29. The van der Waals surface area contributed by atoms with Gasteiger partial charge in [-0.3, -0.25) is 14.5 Å². The van der Waals surface area contributed by atoms with Crippen LogP contribution < -0.4 is 10.2 Å². The molecule has 1 heterocycles. The molecule has 1 unspecified atom stereocenters. The summed E-state index contributed by atoms with van der Waals surface area (Å²) < 4.78 is 10.8. The highest BCUT2D eigenvalue weighted by Crippen LogP contribution is 2.28. The van der Waals surface area contributed by atoms with E-state index in [0.29, 0.717) is 22.0 Å². The van der Waals surface area contributed by atoms with Gasteiger partial charge in [-0.1, -0.05) is 48.0 Å². The van der Waals surface area contributed by atoms with Gasteiger partial charge in [0.1, 0.15) is 5.75 Å². The molecule has 0 bridgehead atoms. The predicted molar refractivity (Wildman–Crippen MR) is 146 cm³/mol. The maximum atomic E-state index is 13.6. The van der Waals surface area contributed by atoms with Crippen molar-refractivity contribution in [3.05, 3.63) is 106 Å². The Balaban J connectivity index is 1.70. The first kappa shape index (κ1) is 27.7. The fourth-order valence-electron chi connectivity index (χ4n) is 3.93. The molecular weight excluding hydrogens is 522 g/mol. The number of benzene rings is 3. The second-order valence-electron chi connectivity index (χ2n) is 8.64. The van der Waals surface area contributed by atoms with Gasteiger partial charge in [0.25, 0.3) is 5.91 Å². The Morgan fingerprint density at radius 2 is 1.77 bits per heavy atom. The lowest BCUT2D eigenvalue weighted by Crippen LogP contribution is -2.36. The van der Waals surface area contributed by atoms with Crippen LogP contribution in [0.25, 0.3) is 0 Å². The maximum absolute atomic E-state index is 13.6. The fourth-order valence-corrected chi connectivity index (χ4v) is 4.09. The molecule has 202 valence electrons. The van der Waals surface area contributed by atoms with Gasteiger partial charge < -0.3 is 14.3 Å². The van der Waals surface area contributed by atoms with Crippen LogP contribution in [0.3, 0.4) is 0 Å². The molecule has 1 aliphatic rings. The van der Waals surface area contributed by atoms with Gasteiger partial charge >= 0.3 is 6.03 Å². The zero-order chi connectivity index (χ0) is 27.9. The molecule has 0 radical (unpaired) electrons. The molecule has 1 atom stereocenters. The monoisotopic (exact) mass is 549 g/mol. The summed E-state index contributed by atoms with van der Waals surface area (Å²) in [7, 11) is 1.52. The molecule has 3 aromatic carbocycles. The second kappa shape index (κ2) is 12.5. The van der Waals surface area contributed by atoms with Crippen LogP contribution >= 0.6 is 11.6 Å². The van der Waals surface area contributed by atoms with E-state index in [-0.39, 0.29) is 19.0 Å². The largest absolute Gasteiger partial charge is 0.497 e. The molecule has 3 aromatic rings. The SMILES string of the molecule is CCOC1C(=O)N(C(=CC(=O)c2ccc(OC)cc2)ONc2cc(C)ccc2Cl)C(=O)N1Cc1ccccc1. The molecule has 39 heavy (non-hydrogen) atoms. The number of hydrogen-bond donors (Lipinski definition) is 1. The van der Waals surface area contributed by atoms with E-state index in [2.05, 4.69) is 5.48 Å². The Morgan fingerprint density at radius 1 is 1.05 bits per heavy atom. The van der Waals surface area contributed by atoms with Crippen LogP contribution in [-0.2, 0) is 20.9 Å². The van der Waals surface area contributed by atoms with Crippen LogP contribution in [0.15, 0.2) is 84.8 Å². The third kappa shape index (κ3) is 6.39. The normalized spacial score (nSPS) is 15.5. The number of urea groups is 1. The first-order valence-electron chi connectivity index (χ1n) is 12.2. The minimum absolute atomic E-state index is 0.115. The molecule has 1 N–H and O–H groups in total. The summed E-state index contributed by atoms with van der Waals surface area (Å²) in [6.07, 6.45) is -0.128. The van der Waals surface area contributed by atoms with Gasteiger partial charge in [0.15, 0.2) is 5.78 Å². The van der Waals surface area contributed by atoms with Crippen molar-refractivity contribution in [3.63, 3.8) is 0 Å². The number of nitrogens with one attached hydrogen (secondary N) is 1. The molecule has 0 aliphatic carbocycles. The van der Waals surface area contributed by atoms with Crippen molar-refractivity contribution in [2.75, 3.05) is 19.2 Å². The van der Waals surface area contributed by atoms with Gasteiger partial charge in [-0.05, 0) is 61.4 Å². The summed E-state index contributed by atoms with van der Waals surface area (Å²) in [5.41, 5.74) is 5.06. The standard InChI is InChI=1S/C29H28ClN3O6/c1-4-38-28-27(35)33(29(36)32(28)18-20-8-6-5-7-9-20)26(39-31-24-16-19(2)10-15-23(24)30)17-25(34)21-11-13-22(37-3)14-12-21/h5-17,28,31H,4,18H2,1-3H3. The minimum atomic E-state index is -1.20. The van der Waals surface area contributed by atoms with Crippen LogP contribution in [0.5, 0.6) is 5.75 Å². The number of ketones is 1. The van der Waals surface area contributed by atoms with Gasteiger partial charge in [0.2, 0.25) is 12.1 Å². The van der Waals surface area contributed by atoms with Gasteiger partial charge in [0, 0.05) is 12.2 Å². The molecule has 1 saturated heterocycles. The van der Waals surface area contributed by atoms with E-state index in [1.807, 2.05) is 43.3 Å². The Labute approximate surface area is 231 Å². The first-order chi connectivity index (χ1) is 18.8. The molecule has 0 spiro atoms. The Bertz CT molecular complexity index is 1380. The summed E-state index contributed by atoms with van der Waals surface area (Å²) in [4.78, 5) is 48.2. The van der Waals surface area contributed by atoms with Crippen LogP contribution in [0, 0.1) is 6.92 Å². The topological polar surface area (TPSA) is 97.4 Å². The number of amides is 3. The maximum Gasteiger partial charge on any atom is 0.336 e. The minimum Gasteiger partial charge on any atom is -0.497 e. The molecule has 1 aliphatic heterocycles. The number of aryl methyl sites for hydroxylation is 1. The van der Waals surface area contributed by atoms with Crippen molar-refractivity contribution >= 4 is 35.0 Å². The van der Waals surface area contributed by atoms with Gasteiger partial charge in [-0.25, -0.2) is 10.3 Å². The number of carbonyl (C=O) groups excluding carboxylic acids is 3. The summed E-state index contributed by atoms with van der Waals surface area (Å²) in [5, 5.41) is 0.346. The third-order valence-electron chi connectivity index (χ3n) is 5.91. The summed E-state index contributed by atoms with van der Waals surface area (Å²) in [6.45, 7) is 3.89. The Hall–Kier alpha value is -4.34. The average Bonchev–Trinajstić information content (AvgIpc) is 3.17. The molecule has 10 heteroatoms. The number of allylic oxidation sites excluding steroid dienone is 1. The van der Waals surface area contributed by atoms with Crippen molar-refractivity contribution in [2.24, 2.45) is 0 Å². The molecule has 3 amide bonds. The van der Waals surface area contributed by atoms with Crippen LogP contribution in [0.4, 0.5) is 10.5 Å². The lowest BCUT2D eigenvalue weighted by molar-refractivity contribution is -0.141. The quantitative estimate of drug-likeness (QED) is 0.110. The summed E-state index contributed by atoms with van der Waals surface area (Å²) in [6, 6.07) is 20.1. The number of carbonyl (C=O) groups is 3. The fraction of sp³-hybridized carbons (Fsp3) is 0.207. The van der Waals surface area contributed by atoms with E-state index in [0.717, 1.165) is 22.1 Å². The van der Waals surface area contributed by atoms with Crippen molar-refractivity contribution in [1.29, 1.82) is 0 Å². The molecule has 9 nitrogen and oxygen atoms in total. The number of methoxy groups -OCH3 is 1. The third-order valence-corrected chi connectivity index (χ3v) is 6.24. The molecule has 4 rings (SSSR count). The Morgan fingerprint density at radius 3 is 2.44 bits per heavy atom. The lowest BCUT2D eigenvalue weighted by atomic mass is 10.1. The van der Waals surface area contributed by atoms with Gasteiger partial charge in [-0.2, -0.15) is 4.90 Å². The van der Waals surface area contributed by atoms with E-state index in [4.69, 9.17) is 25.9 Å².